The minimum Gasteiger partial charge on any atom is -0.354 e. The highest BCUT2D eigenvalue weighted by Gasteiger charge is 2.06. The van der Waals surface area contributed by atoms with E-state index in [-0.39, 0.29) is 11.9 Å². The van der Waals surface area contributed by atoms with Gasteiger partial charge in [0.2, 0.25) is 5.91 Å². The molecule has 0 radical (unpaired) electrons. The molecule has 1 atom stereocenters. The molecule has 1 amide bonds. The number of amides is 1. The highest BCUT2D eigenvalue weighted by molar-refractivity contribution is 7.71. The van der Waals surface area contributed by atoms with Crippen molar-refractivity contribution in [3.05, 3.63) is 16.7 Å². The molecule has 4 nitrogen and oxygen atoms in total. The number of aryl methyl sites for hydroxylation is 1. The molecule has 2 N–H and O–H groups in total. The number of imidazole rings is 1. The van der Waals surface area contributed by atoms with Crippen molar-refractivity contribution < 1.29 is 4.79 Å². The van der Waals surface area contributed by atoms with Crippen molar-refractivity contribution in [3.63, 3.8) is 0 Å². The van der Waals surface area contributed by atoms with E-state index in [1.54, 1.807) is 0 Å². The molecule has 0 spiro atoms. The van der Waals surface area contributed by atoms with E-state index in [0.717, 1.165) is 12.1 Å². The quantitative estimate of drug-likeness (QED) is 0.776. The number of hydrogen-bond acceptors (Lipinski definition) is 2. The van der Waals surface area contributed by atoms with E-state index in [1.165, 1.54) is 0 Å². The maximum Gasteiger partial charge on any atom is 0.222 e. The summed E-state index contributed by atoms with van der Waals surface area (Å²) in [5, 5.41) is 2.93. The molecule has 1 unspecified atom stereocenters. The first-order valence-corrected chi connectivity index (χ1v) is 5.99. The van der Waals surface area contributed by atoms with Crippen molar-refractivity contribution in [2.45, 2.75) is 46.2 Å². The van der Waals surface area contributed by atoms with Crippen LogP contribution in [-0.4, -0.2) is 21.5 Å². The van der Waals surface area contributed by atoms with Gasteiger partial charge in [0.05, 0.1) is 0 Å². The van der Waals surface area contributed by atoms with Crippen LogP contribution in [0.2, 0.25) is 0 Å². The maximum absolute atomic E-state index is 11.6. The summed E-state index contributed by atoms with van der Waals surface area (Å²) >= 11 is 5.11. The Bertz CT molecular complexity index is 408. The predicted molar refractivity (Wildman–Crippen MR) is 66.9 cm³/mol. The molecule has 1 aromatic heterocycles. The zero-order chi connectivity index (χ0) is 12.1. The molecule has 5 heteroatoms. The van der Waals surface area contributed by atoms with Crippen molar-refractivity contribution in [1.82, 2.24) is 14.9 Å². The minimum absolute atomic E-state index is 0.0804. The second-order valence-corrected chi connectivity index (χ2v) is 4.40. The smallest absolute Gasteiger partial charge is 0.222 e. The lowest BCUT2D eigenvalue weighted by Gasteiger charge is -2.11. The molecular weight excluding hydrogens is 222 g/mol. The van der Waals surface area contributed by atoms with Crippen molar-refractivity contribution in [1.29, 1.82) is 0 Å². The number of aromatic nitrogens is 2. The van der Waals surface area contributed by atoms with Crippen LogP contribution in [0.1, 0.15) is 32.4 Å². The largest absolute Gasteiger partial charge is 0.354 e. The second-order valence-electron chi connectivity index (χ2n) is 4.01. The van der Waals surface area contributed by atoms with Crippen molar-refractivity contribution in [2.75, 3.05) is 0 Å². The van der Waals surface area contributed by atoms with Crippen LogP contribution in [0.5, 0.6) is 0 Å². The highest BCUT2D eigenvalue weighted by atomic mass is 32.1. The monoisotopic (exact) mass is 241 g/mol. The Morgan fingerprint density at radius 1 is 1.69 bits per heavy atom. The van der Waals surface area contributed by atoms with E-state index in [1.807, 2.05) is 24.6 Å². The number of aromatic amines is 1. The summed E-state index contributed by atoms with van der Waals surface area (Å²) in [5.41, 5.74) is 1.06. The van der Waals surface area contributed by atoms with Gasteiger partial charge in [-0.2, -0.15) is 0 Å². The molecule has 0 saturated heterocycles. The Hall–Kier alpha value is -1.10. The van der Waals surface area contributed by atoms with Gasteiger partial charge >= 0.3 is 0 Å². The molecule has 90 valence electrons. The number of carbonyl (C=O) groups excluding carboxylic acids is 1. The van der Waals surface area contributed by atoms with Gasteiger partial charge in [0, 0.05) is 30.9 Å². The zero-order valence-electron chi connectivity index (χ0n) is 10.0. The number of H-pyrrole nitrogens is 1. The molecule has 1 rings (SSSR count). The third-order valence-corrected chi connectivity index (χ3v) is 3.00. The molecule has 0 bridgehead atoms. The summed E-state index contributed by atoms with van der Waals surface area (Å²) in [6.45, 7) is 6.66. The summed E-state index contributed by atoms with van der Waals surface area (Å²) < 4.78 is 2.61. The van der Waals surface area contributed by atoms with E-state index in [9.17, 15) is 4.79 Å². The Morgan fingerprint density at radius 2 is 2.38 bits per heavy atom. The highest BCUT2D eigenvalue weighted by Crippen LogP contribution is 2.01. The molecule has 0 fully saturated rings. The first-order chi connectivity index (χ1) is 7.54. The lowest BCUT2D eigenvalue weighted by atomic mass is 10.2. The molecule has 0 saturated carbocycles. The van der Waals surface area contributed by atoms with Crippen LogP contribution in [0.25, 0.3) is 0 Å². The molecule has 16 heavy (non-hydrogen) atoms. The normalized spacial score (nSPS) is 12.4. The Labute approximate surface area is 101 Å². The first-order valence-electron chi connectivity index (χ1n) is 5.58. The molecule has 0 aromatic carbocycles. The molecule has 0 aliphatic heterocycles. The van der Waals surface area contributed by atoms with Crippen molar-refractivity contribution in [3.8, 4) is 0 Å². The molecule has 0 aliphatic carbocycles. The van der Waals surface area contributed by atoms with Gasteiger partial charge in [-0.3, -0.25) is 4.79 Å². The molecule has 0 aliphatic rings. The van der Waals surface area contributed by atoms with Crippen LogP contribution in [0, 0.1) is 11.7 Å². The number of nitrogens with one attached hydrogen (secondary N) is 2. The van der Waals surface area contributed by atoms with E-state index in [4.69, 9.17) is 12.2 Å². The average molecular weight is 241 g/mol. The number of rotatable bonds is 5. The van der Waals surface area contributed by atoms with Crippen LogP contribution in [-0.2, 0) is 11.3 Å². The standard InChI is InChI=1S/C11H19N3OS/c1-4-8(2)13-10(15)5-6-14-9(3)7-12-11(14)16/h7-8H,4-6H2,1-3H3,(H,12,16)(H,13,15). The van der Waals surface area contributed by atoms with Crippen molar-refractivity contribution in [2.24, 2.45) is 0 Å². The molecule has 1 aromatic rings. The summed E-state index contributed by atoms with van der Waals surface area (Å²) in [6.07, 6.45) is 3.28. The van der Waals surface area contributed by atoms with Crippen LogP contribution < -0.4 is 5.32 Å². The van der Waals surface area contributed by atoms with E-state index >= 15 is 0 Å². The summed E-state index contributed by atoms with van der Waals surface area (Å²) in [5.74, 6) is 0.0804. The Morgan fingerprint density at radius 3 is 2.88 bits per heavy atom. The maximum atomic E-state index is 11.6. The average Bonchev–Trinajstić information content (AvgIpc) is 2.56. The zero-order valence-corrected chi connectivity index (χ0v) is 10.9. The molecular formula is C11H19N3OS. The number of hydrogen-bond donors (Lipinski definition) is 2. The fourth-order valence-corrected chi connectivity index (χ4v) is 1.72. The van der Waals surface area contributed by atoms with Gasteiger partial charge in [-0.25, -0.2) is 0 Å². The SMILES string of the molecule is CCC(C)NC(=O)CCn1c(C)c[nH]c1=S. The summed E-state index contributed by atoms with van der Waals surface area (Å²) in [4.78, 5) is 14.5. The van der Waals surface area contributed by atoms with Crippen LogP contribution >= 0.6 is 12.2 Å². The van der Waals surface area contributed by atoms with Gasteiger partial charge in [-0.1, -0.05) is 6.92 Å². The van der Waals surface area contributed by atoms with Gasteiger partial charge in [0.25, 0.3) is 0 Å². The fourth-order valence-electron chi connectivity index (χ4n) is 1.42. The Kier molecular flexibility index (Phi) is 4.73. The van der Waals surface area contributed by atoms with Crippen LogP contribution in [0.15, 0.2) is 6.20 Å². The summed E-state index contributed by atoms with van der Waals surface area (Å²) in [7, 11) is 0. The number of carbonyl (C=O) groups is 1. The summed E-state index contributed by atoms with van der Waals surface area (Å²) in [6, 6.07) is 0.243. The fraction of sp³-hybridized carbons (Fsp3) is 0.636. The lowest BCUT2D eigenvalue weighted by Crippen LogP contribution is -2.32. The van der Waals surface area contributed by atoms with E-state index < -0.39 is 0 Å². The third-order valence-electron chi connectivity index (χ3n) is 2.66. The minimum atomic E-state index is 0.0804. The van der Waals surface area contributed by atoms with Gasteiger partial charge in [0.15, 0.2) is 4.77 Å². The third kappa shape index (κ3) is 3.48. The van der Waals surface area contributed by atoms with Crippen LogP contribution in [0.3, 0.4) is 0 Å². The second kappa shape index (κ2) is 5.84. The van der Waals surface area contributed by atoms with Gasteiger partial charge in [-0.15, -0.1) is 0 Å². The van der Waals surface area contributed by atoms with Gasteiger partial charge < -0.3 is 14.9 Å². The van der Waals surface area contributed by atoms with E-state index in [2.05, 4.69) is 17.2 Å². The van der Waals surface area contributed by atoms with Gasteiger partial charge in [-0.05, 0) is 32.5 Å². The number of nitrogens with zero attached hydrogens (tertiary/aromatic N) is 1. The first kappa shape index (κ1) is 13.0. The van der Waals surface area contributed by atoms with E-state index in [0.29, 0.717) is 17.7 Å². The molecule has 1 heterocycles. The Balaban J connectivity index is 2.46. The van der Waals surface area contributed by atoms with Crippen LogP contribution in [0.4, 0.5) is 0 Å². The van der Waals surface area contributed by atoms with Crippen molar-refractivity contribution >= 4 is 18.1 Å². The van der Waals surface area contributed by atoms with Gasteiger partial charge in [0.1, 0.15) is 0 Å². The lowest BCUT2D eigenvalue weighted by molar-refractivity contribution is -0.121. The topological polar surface area (TPSA) is 49.8 Å². The predicted octanol–water partition coefficient (Wildman–Crippen LogP) is 2.16.